The molecule has 2 amide bonds. The van der Waals surface area contributed by atoms with Crippen LogP contribution >= 0.6 is 22.9 Å². The van der Waals surface area contributed by atoms with Crippen molar-refractivity contribution < 1.29 is 23.5 Å². The fourth-order valence-electron chi connectivity index (χ4n) is 4.99. The first-order chi connectivity index (χ1) is 18.8. The SMILES string of the molecule is COc1ccc(C(=O)Nc2nc3c(s2)CCCC3OC(=O)N(C)C2CCN(Cc3c(F)cccc3Cl)C2)cc1. The van der Waals surface area contributed by atoms with Gasteiger partial charge in [-0.25, -0.2) is 14.2 Å². The normalized spacial score (nSPS) is 18.9. The molecule has 1 N–H and O–H groups in total. The van der Waals surface area contributed by atoms with Crippen LogP contribution < -0.4 is 10.1 Å². The van der Waals surface area contributed by atoms with Crippen molar-refractivity contribution in [2.75, 3.05) is 32.6 Å². The number of nitrogens with zero attached hydrogens (tertiary/aromatic N) is 3. The second-order valence-electron chi connectivity index (χ2n) is 9.76. The second-order valence-corrected chi connectivity index (χ2v) is 11.3. The molecule has 2 aromatic carbocycles. The number of carbonyl (C=O) groups excluding carboxylic acids is 2. The van der Waals surface area contributed by atoms with Crippen LogP contribution in [0.1, 0.15) is 51.9 Å². The summed E-state index contributed by atoms with van der Waals surface area (Å²) < 4.78 is 25.3. The summed E-state index contributed by atoms with van der Waals surface area (Å²) in [4.78, 5) is 35.1. The monoisotopic (exact) mass is 572 g/mol. The number of likely N-dealkylation sites (tertiary alicyclic amines) is 1. The standard InChI is InChI=1S/C28H30ClFN4O4S/c1-33(18-13-14-34(15-18)16-20-21(29)5-3-6-22(20)30)28(36)38-23-7-4-8-24-25(23)31-27(39-24)32-26(35)17-9-11-19(37-2)12-10-17/h3,5-6,9-12,18,23H,4,7-8,13-16H2,1-2H3,(H,31,32,35). The number of hydrogen-bond acceptors (Lipinski definition) is 7. The first kappa shape index (κ1) is 27.4. The molecule has 3 aromatic rings. The maximum Gasteiger partial charge on any atom is 0.410 e. The number of aryl methyl sites for hydroxylation is 1. The lowest BCUT2D eigenvalue weighted by molar-refractivity contribution is 0.0500. The van der Waals surface area contributed by atoms with E-state index in [0.717, 1.165) is 30.7 Å². The predicted octanol–water partition coefficient (Wildman–Crippen LogP) is 5.92. The number of fused-ring (bicyclic) bond motifs is 1. The van der Waals surface area contributed by atoms with Crippen molar-refractivity contribution in [2.45, 2.75) is 44.4 Å². The number of benzene rings is 2. The van der Waals surface area contributed by atoms with E-state index in [1.54, 1.807) is 55.5 Å². The highest BCUT2D eigenvalue weighted by Gasteiger charge is 2.33. The zero-order valence-corrected chi connectivity index (χ0v) is 23.4. The van der Waals surface area contributed by atoms with Crippen LogP contribution in [0.25, 0.3) is 0 Å². The Morgan fingerprint density at radius 2 is 2.03 bits per heavy atom. The Morgan fingerprint density at radius 1 is 1.23 bits per heavy atom. The van der Waals surface area contributed by atoms with Crippen molar-refractivity contribution in [1.82, 2.24) is 14.8 Å². The first-order valence-electron chi connectivity index (χ1n) is 12.9. The summed E-state index contributed by atoms with van der Waals surface area (Å²) in [6.07, 6.45) is 2.23. The Balaban J connectivity index is 1.19. The largest absolute Gasteiger partial charge is 0.497 e. The molecule has 2 aliphatic rings. The smallest absolute Gasteiger partial charge is 0.410 e. The van der Waals surface area contributed by atoms with E-state index in [1.807, 2.05) is 0 Å². The van der Waals surface area contributed by atoms with Gasteiger partial charge in [-0.1, -0.05) is 17.7 Å². The van der Waals surface area contributed by atoms with Gasteiger partial charge in [0.25, 0.3) is 5.91 Å². The number of amides is 2. The van der Waals surface area contributed by atoms with E-state index in [1.165, 1.54) is 17.4 Å². The number of methoxy groups -OCH3 is 1. The fraction of sp³-hybridized carbons (Fsp3) is 0.393. The number of ether oxygens (including phenoxy) is 2. The average molecular weight is 573 g/mol. The topological polar surface area (TPSA) is 84.0 Å². The molecule has 1 fully saturated rings. The molecule has 1 aromatic heterocycles. The van der Waals surface area contributed by atoms with E-state index in [9.17, 15) is 14.0 Å². The second kappa shape index (κ2) is 11.9. The third-order valence-corrected chi connectivity index (χ3v) is 8.65. The lowest BCUT2D eigenvalue weighted by atomic mass is 10.0. The van der Waals surface area contributed by atoms with Gasteiger partial charge in [-0.3, -0.25) is 15.0 Å². The van der Waals surface area contributed by atoms with Crippen molar-refractivity contribution in [3.8, 4) is 5.75 Å². The van der Waals surface area contributed by atoms with E-state index in [4.69, 9.17) is 21.1 Å². The Labute approximate surface area is 235 Å². The molecule has 1 aliphatic heterocycles. The minimum Gasteiger partial charge on any atom is -0.497 e. The van der Waals surface area contributed by atoms with Crippen LogP contribution in [0.5, 0.6) is 5.75 Å². The molecule has 5 rings (SSSR count). The van der Waals surface area contributed by atoms with E-state index in [-0.39, 0.29) is 17.8 Å². The van der Waals surface area contributed by atoms with Gasteiger partial charge in [-0.05, 0) is 62.1 Å². The summed E-state index contributed by atoms with van der Waals surface area (Å²) in [6, 6.07) is 11.5. The Morgan fingerprint density at radius 3 is 2.77 bits per heavy atom. The zero-order chi connectivity index (χ0) is 27.5. The summed E-state index contributed by atoms with van der Waals surface area (Å²) in [5, 5.41) is 3.75. The van der Waals surface area contributed by atoms with Crippen LogP contribution in [0.2, 0.25) is 5.02 Å². The zero-order valence-electron chi connectivity index (χ0n) is 21.8. The first-order valence-corrected chi connectivity index (χ1v) is 14.1. The van der Waals surface area contributed by atoms with E-state index in [0.29, 0.717) is 52.2 Å². The van der Waals surface area contributed by atoms with Gasteiger partial charge in [0, 0.05) is 53.8 Å². The fourth-order valence-corrected chi connectivity index (χ4v) is 6.26. The molecule has 2 unspecified atom stereocenters. The number of thiazole rings is 1. The minimum atomic E-state index is -0.471. The van der Waals surface area contributed by atoms with Gasteiger partial charge >= 0.3 is 6.09 Å². The third kappa shape index (κ3) is 6.18. The molecular weight excluding hydrogens is 543 g/mol. The highest BCUT2D eigenvalue weighted by atomic mass is 35.5. The number of rotatable bonds is 7. The minimum absolute atomic E-state index is 0.0547. The molecule has 0 radical (unpaired) electrons. The molecule has 0 spiro atoms. The lowest BCUT2D eigenvalue weighted by Crippen LogP contribution is -2.40. The predicted molar refractivity (Wildman–Crippen MR) is 148 cm³/mol. The number of aromatic nitrogens is 1. The molecule has 1 aliphatic carbocycles. The van der Waals surface area contributed by atoms with E-state index in [2.05, 4.69) is 15.2 Å². The summed E-state index contributed by atoms with van der Waals surface area (Å²) in [5.74, 6) is 0.0832. The van der Waals surface area contributed by atoms with E-state index >= 15 is 0 Å². The number of likely N-dealkylation sites (N-methyl/N-ethyl adjacent to an activating group) is 1. The average Bonchev–Trinajstić information content (AvgIpc) is 3.57. The van der Waals surface area contributed by atoms with Crippen LogP contribution in [0.15, 0.2) is 42.5 Å². The highest BCUT2D eigenvalue weighted by molar-refractivity contribution is 7.15. The van der Waals surface area contributed by atoms with Gasteiger partial charge in [-0.15, -0.1) is 11.3 Å². The van der Waals surface area contributed by atoms with Crippen molar-refractivity contribution in [3.63, 3.8) is 0 Å². The third-order valence-electron chi connectivity index (χ3n) is 7.25. The summed E-state index contributed by atoms with van der Waals surface area (Å²) in [5.41, 5.74) is 1.68. The Hall–Kier alpha value is -3.21. The number of carbonyl (C=O) groups is 2. The lowest BCUT2D eigenvalue weighted by Gasteiger charge is -2.28. The molecule has 1 saturated heterocycles. The van der Waals surface area contributed by atoms with Gasteiger partial charge in [0.15, 0.2) is 5.13 Å². The van der Waals surface area contributed by atoms with Crippen molar-refractivity contribution in [2.24, 2.45) is 0 Å². The van der Waals surface area contributed by atoms with Crippen LogP contribution in [0.4, 0.5) is 14.3 Å². The van der Waals surface area contributed by atoms with Crippen LogP contribution in [0.3, 0.4) is 0 Å². The van der Waals surface area contributed by atoms with Crippen molar-refractivity contribution >= 4 is 40.1 Å². The number of hydrogen-bond donors (Lipinski definition) is 1. The number of halogens is 2. The molecule has 2 heterocycles. The molecule has 39 heavy (non-hydrogen) atoms. The molecule has 11 heteroatoms. The van der Waals surface area contributed by atoms with Crippen LogP contribution in [-0.4, -0.2) is 60.1 Å². The van der Waals surface area contributed by atoms with Crippen molar-refractivity contribution in [3.05, 3.63) is 75.0 Å². The molecule has 0 bridgehead atoms. The van der Waals surface area contributed by atoms with E-state index < -0.39 is 12.2 Å². The maximum absolute atomic E-state index is 14.2. The van der Waals surface area contributed by atoms with Gasteiger partial charge < -0.3 is 14.4 Å². The summed E-state index contributed by atoms with van der Waals surface area (Å²) in [7, 11) is 3.31. The quantitative estimate of drug-likeness (QED) is 0.378. The van der Waals surface area contributed by atoms with Gasteiger partial charge in [-0.2, -0.15) is 0 Å². The summed E-state index contributed by atoms with van der Waals surface area (Å²) in [6.45, 7) is 1.72. The molecule has 8 nitrogen and oxygen atoms in total. The number of anilines is 1. The van der Waals surface area contributed by atoms with Crippen LogP contribution in [0, 0.1) is 5.82 Å². The molecule has 0 saturated carbocycles. The Bertz CT molecular complexity index is 1330. The van der Waals surface area contributed by atoms with Crippen LogP contribution in [-0.2, 0) is 17.7 Å². The molecule has 206 valence electrons. The Kier molecular flexibility index (Phi) is 8.34. The van der Waals surface area contributed by atoms with Gasteiger partial charge in [0.05, 0.1) is 12.8 Å². The van der Waals surface area contributed by atoms with Crippen molar-refractivity contribution in [1.29, 1.82) is 0 Å². The molecule has 2 atom stereocenters. The summed E-state index contributed by atoms with van der Waals surface area (Å²) >= 11 is 7.61. The number of nitrogens with one attached hydrogen (secondary N) is 1. The highest BCUT2D eigenvalue weighted by Crippen LogP contribution is 2.38. The van der Waals surface area contributed by atoms with Gasteiger partial charge in [0.1, 0.15) is 17.7 Å². The maximum atomic E-state index is 14.2. The van der Waals surface area contributed by atoms with Gasteiger partial charge in [0.2, 0.25) is 0 Å². The molecular formula is C28H30ClFN4O4S.